The summed E-state index contributed by atoms with van der Waals surface area (Å²) in [5, 5.41) is 291. The summed E-state index contributed by atoms with van der Waals surface area (Å²) >= 11 is 0. The van der Waals surface area contributed by atoms with Crippen LogP contribution in [0.2, 0.25) is 0 Å². The van der Waals surface area contributed by atoms with Gasteiger partial charge in [-0.25, -0.2) is 4.18 Å². The van der Waals surface area contributed by atoms with Gasteiger partial charge in [-0.2, -0.15) is 8.42 Å². The first-order chi connectivity index (χ1) is 58.8. The van der Waals surface area contributed by atoms with E-state index in [0.717, 1.165) is 27.7 Å². The van der Waals surface area contributed by atoms with E-state index in [1.165, 1.54) is 13.8 Å². The van der Waals surface area contributed by atoms with Gasteiger partial charge in [-0.1, -0.05) is 0 Å². The van der Waals surface area contributed by atoms with Crippen LogP contribution in [0, 0.1) is 0 Å². The lowest BCUT2D eigenvalue weighted by atomic mass is 9.93. The second-order valence-electron chi connectivity index (χ2n) is 31.5. The van der Waals surface area contributed by atoms with Crippen LogP contribution in [0.15, 0.2) is 0 Å². The van der Waals surface area contributed by atoms with Gasteiger partial charge < -0.3 is 239 Å². The molecule has 10 aliphatic heterocycles. The van der Waals surface area contributed by atoms with E-state index in [4.69, 9.17) is 90.0 Å². The van der Waals surface area contributed by atoms with E-state index in [1.54, 1.807) is 0 Å². The van der Waals surface area contributed by atoms with Crippen LogP contribution in [0.3, 0.4) is 0 Å². The van der Waals surface area contributed by atoms with Crippen molar-refractivity contribution in [3.8, 4) is 0 Å². The number of nitrogens with one attached hydrogen (secondary N) is 4. The fourth-order valence-electron chi connectivity index (χ4n) is 15.9. The van der Waals surface area contributed by atoms with Crippen molar-refractivity contribution in [3.63, 3.8) is 0 Å². The molecule has 57 heteroatoms. The summed E-state index contributed by atoms with van der Waals surface area (Å²) in [5.41, 5.74) is 0. The fourth-order valence-corrected chi connectivity index (χ4v) is 16.2. The molecule has 0 aliphatic carbocycles. The first-order valence-corrected chi connectivity index (χ1v) is 40.9. The highest BCUT2D eigenvalue weighted by Crippen LogP contribution is 2.41. The summed E-state index contributed by atoms with van der Waals surface area (Å²) in [6.45, 7) is -3.35. The molecule has 0 bridgehead atoms. The van der Waals surface area contributed by atoms with Crippen LogP contribution in [0.1, 0.15) is 41.5 Å². The Morgan fingerprint density at radius 3 is 1.11 bits per heavy atom. The number of hydrogen-bond acceptors (Lipinski definition) is 51. The first kappa shape index (κ1) is 103. The second kappa shape index (κ2) is 44.2. The van der Waals surface area contributed by atoms with Gasteiger partial charge in [0.05, 0.1) is 65.1 Å². The third-order valence-corrected chi connectivity index (χ3v) is 23.0. The number of amides is 4. The van der Waals surface area contributed by atoms with E-state index in [9.17, 15) is 160 Å². The lowest BCUT2D eigenvalue weighted by Crippen LogP contribution is -2.71. The van der Waals surface area contributed by atoms with Crippen LogP contribution in [-0.2, 0) is 124 Å². The van der Waals surface area contributed by atoms with Crippen molar-refractivity contribution >= 4 is 34.0 Å². The van der Waals surface area contributed by atoms with Crippen molar-refractivity contribution in [3.05, 3.63) is 0 Å². The van der Waals surface area contributed by atoms with E-state index in [1.807, 2.05) is 0 Å². The van der Waals surface area contributed by atoms with E-state index in [2.05, 4.69) is 25.5 Å². The summed E-state index contributed by atoms with van der Waals surface area (Å²) in [7, 11) is -5.57. The lowest BCUT2D eigenvalue weighted by Gasteiger charge is -2.52. The minimum Gasteiger partial charge on any atom is -0.394 e. The second-order valence-corrected chi connectivity index (χ2v) is 32.6. The molecule has 0 aromatic rings. The number of rotatable bonds is 32. The molecule has 0 saturated carbocycles. The number of ether oxygens (including phenoxy) is 19. The third-order valence-electron chi connectivity index (χ3n) is 22.6. The smallest absolute Gasteiger partial charge is 0.394 e. The predicted octanol–water partition coefficient (Wildman–Crippen LogP) is -20.3. The molecule has 30 N–H and O–H groups in total. The highest BCUT2D eigenvalue weighted by atomic mass is 32.3. The third kappa shape index (κ3) is 23.6. The zero-order valence-corrected chi connectivity index (χ0v) is 68.0. The molecule has 50 atom stereocenters. The molecule has 724 valence electrons. The molecule has 4 amide bonds. The average Bonchev–Trinajstić information content (AvgIpc) is 0.756. The molecule has 10 rings (SSSR count). The Hall–Kier alpha value is -4.01. The molecule has 0 unspecified atom stereocenters. The molecule has 10 aliphatic rings. The van der Waals surface area contributed by atoms with E-state index in [-0.39, 0.29) is 0 Å². The number of aliphatic hydroxyl groups excluding tert-OH is 25. The summed E-state index contributed by atoms with van der Waals surface area (Å²) in [6, 6.07) is -7.83. The van der Waals surface area contributed by atoms with Gasteiger partial charge in [-0.15, -0.1) is 0 Å². The maximum absolute atomic E-state index is 13.6. The largest absolute Gasteiger partial charge is 0.397 e. The zero-order chi connectivity index (χ0) is 92.3. The highest BCUT2D eigenvalue weighted by Gasteiger charge is 2.62. The molecule has 56 nitrogen and oxygen atoms in total. The van der Waals surface area contributed by atoms with Crippen LogP contribution < -0.4 is 21.3 Å². The monoisotopic (exact) mass is 1850 g/mol. The number of aliphatic hydroxyl groups is 25. The molecule has 10 fully saturated rings. The molecule has 0 aromatic carbocycles. The van der Waals surface area contributed by atoms with E-state index >= 15 is 0 Å². The molecule has 125 heavy (non-hydrogen) atoms. The van der Waals surface area contributed by atoms with Gasteiger partial charge >= 0.3 is 10.4 Å². The molecule has 10 heterocycles. The topological polar surface area (TPSA) is 861 Å². The average molecular weight is 1850 g/mol. The van der Waals surface area contributed by atoms with Gasteiger partial charge in [0.15, 0.2) is 62.9 Å². The number of carbonyl (C=O) groups excluding carboxylic acids is 4. The summed E-state index contributed by atoms with van der Waals surface area (Å²) < 4.78 is 153. The maximum atomic E-state index is 13.6. The van der Waals surface area contributed by atoms with Crippen LogP contribution in [0.25, 0.3) is 0 Å². The lowest BCUT2D eigenvalue weighted by molar-refractivity contribution is -0.403. The van der Waals surface area contributed by atoms with Gasteiger partial charge in [0.25, 0.3) is 0 Å². The van der Waals surface area contributed by atoms with Crippen molar-refractivity contribution in [2.24, 2.45) is 0 Å². The Kier molecular flexibility index (Phi) is 36.5. The fraction of sp³-hybridized carbons (Fsp3) is 0.941. The van der Waals surface area contributed by atoms with Crippen LogP contribution in [0.5, 0.6) is 0 Å². The van der Waals surface area contributed by atoms with Crippen molar-refractivity contribution in [1.29, 1.82) is 0 Å². The standard InChI is InChI=1S/C68H114N4O52S/c1-15-33(82)43(92)48(97)63(108-15)105-13-28-53(41(90)29(59(101)110-28)69-17(3)78)118-61-31(71-19(5)80)42(91)52(24(10-76)114-61)119-66-51(100)56(39(88)26(116-66)12-106-67-57(46(95)37(86)23(9-75)113-67)123-60-30(70-18(4)79)40(89)35(84)21(7-73)111-60)122-68-58(47(96)38(87)27(117-68)14-107-125(102,103)104)124-62-32(72-20(6)81)55(121-64-49(98)44(93)34(83)16(2)109-64)54(25(11-77)115-62)120-65-50(99)45(94)36(85)22(8-74)112-65/h15-16,21-68,73-77,82-101H,7-14H2,1-6H3,(H,69,78)(H,70,79)(H,71,80)(H,72,81)(H,102,103,104)/t15-,16-,21+,22+,23+,24+,25+,26+,27+,28+,29+,30+,31+,32+,33+,34+,35+,36-,37+,38+,39+,40+,41+,42+,43+,44+,45-,46-,47-,48-,49-,50+,51-,52+,53+,54+,55+,56-,57-,58-,59+,60-,61-,62-,63+,64-,65-,66-,67-,68+/m0/s1. The summed E-state index contributed by atoms with van der Waals surface area (Å²) in [5.74, 6) is -3.87. The van der Waals surface area contributed by atoms with Gasteiger partial charge in [-0.05, 0) is 13.8 Å². The Morgan fingerprint density at radius 2 is 0.584 bits per heavy atom. The zero-order valence-electron chi connectivity index (χ0n) is 67.2. The molecular formula is C68H114N4O52S. The first-order valence-electron chi connectivity index (χ1n) is 39.5. The van der Waals surface area contributed by atoms with Gasteiger partial charge in [0, 0.05) is 27.7 Å². The predicted molar refractivity (Wildman–Crippen MR) is 384 cm³/mol. The Balaban J connectivity index is 1.04. The van der Waals surface area contributed by atoms with E-state index < -0.39 is 394 Å². The van der Waals surface area contributed by atoms with Crippen molar-refractivity contribution in [2.45, 2.75) is 348 Å². The number of carbonyl (C=O) groups is 4. The van der Waals surface area contributed by atoms with Crippen LogP contribution >= 0.6 is 0 Å². The summed E-state index contributed by atoms with van der Waals surface area (Å²) in [4.78, 5) is 51.9. The summed E-state index contributed by atoms with van der Waals surface area (Å²) in [6.07, 6.45) is -98.7. The van der Waals surface area contributed by atoms with Gasteiger partial charge in [-0.3, -0.25) is 23.7 Å². The number of hydrogen-bond donors (Lipinski definition) is 30. The minimum absolute atomic E-state index is 0.860. The molecule has 10 saturated heterocycles. The van der Waals surface area contributed by atoms with Crippen LogP contribution in [0.4, 0.5) is 0 Å². The molecule has 0 aromatic heterocycles. The quantitative estimate of drug-likeness (QED) is 0.0278. The highest BCUT2D eigenvalue weighted by molar-refractivity contribution is 7.80. The maximum Gasteiger partial charge on any atom is 0.397 e. The Morgan fingerprint density at radius 1 is 0.264 bits per heavy atom. The van der Waals surface area contributed by atoms with E-state index in [0.29, 0.717) is 0 Å². The minimum atomic E-state index is -5.57. The molecule has 0 radical (unpaired) electrons. The van der Waals surface area contributed by atoms with Crippen molar-refractivity contribution in [1.82, 2.24) is 21.3 Å². The SMILES string of the molecule is CC(=O)N[C@@H]1[C@@H](O)[C@H](O[C@@H]2O[C@H](CO)[C@@H](O[C@@H]3O[C@H](CO[C@H]4O[C@H](CO)[C@@H](O)[C@H](O)[C@@H]4O[C@@H]4O[C@H](CO)[C@@H](O)[C@H](O)[C@H]4NC(C)=O)[C@@H](O)[C@H](O[C@H]4O[C@H](COS(=O)(=O)O)[C@@H](O)[C@H](O)[C@@H]4O[C@@H]4O[C@H](CO)[C@@H](O[C@@H]5O[C@H](CO)[C@H](O)[C@H](O)[C@H]5O)[C@H](O[C@@H]5O[C@@H](C)[C@@H](O)[C@@H](O)[C@@H]5O)[C@H]4NC(C)=O)[C@@H]3O)[C@H](O)[C@H]2NC(C)=O)[C@@H](CO[C@@H]2O[C@@H](C)[C@@H](O)[C@@H](O)[C@@H]2O)O[C@H]1O. The molecule has 0 spiro atoms. The van der Waals surface area contributed by atoms with Crippen LogP contribution in [-0.4, -0.2) is 524 Å². The van der Waals surface area contributed by atoms with Crippen molar-refractivity contribution < 1.29 is 254 Å². The van der Waals surface area contributed by atoms with Crippen molar-refractivity contribution in [2.75, 3.05) is 52.9 Å². The van der Waals surface area contributed by atoms with Gasteiger partial charge in [0.1, 0.15) is 232 Å². The normalized spacial score (nSPS) is 48.9. The Labute approximate surface area is 708 Å². The molecular weight excluding hydrogens is 1740 g/mol. The van der Waals surface area contributed by atoms with Gasteiger partial charge in [0.2, 0.25) is 23.6 Å². The Bertz CT molecular complexity index is 3550.